The van der Waals surface area contributed by atoms with E-state index < -0.39 is 0 Å². The molecular formula is C16H22N4O2. The van der Waals surface area contributed by atoms with Crippen LogP contribution in [0.5, 0.6) is 0 Å². The molecule has 22 heavy (non-hydrogen) atoms. The smallest absolute Gasteiger partial charge is 0.338 e. The lowest BCUT2D eigenvalue weighted by Crippen LogP contribution is -2.36. The van der Waals surface area contributed by atoms with Gasteiger partial charge in [-0.25, -0.2) is 4.79 Å². The van der Waals surface area contributed by atoms with Crippen LogP contribution < -0.4 is 0 Å². The Labute approximate surface area is 130 Å². The minimum absolute atomic E-state index is 0.349. The first kappa shape index (κ1) is 15.0. The summed E-state index contributed by atoms with van der Waals surface area (Å²) >= 11 is 0. The number of carbonyl (C=O) groups is 1. The predicted molar refractivity (Wildman–Crippen MR) is 82.9 cm³/mol. The highest BCUT2D eigenvalue weighted by molar-refractivity contribution is 5.90. The van der Waals surface area contributed by atoms with E-state index in [1.807, 2.05) is 10.6 Å². The van der Waals surface area contributed by atoms with Crippen molar-refractivity contribution in [3.05, 3.63) is 29.7 Å². The van der Waals surface area contributed by atoms with Gasteiger partial charge in [0.25, 0.3) is 0 Å². The van der Waals surface area contributed by atoms with E-state index in [9.17, 15) is 4.79 Å². The van der Waals surface area contributed by atoms with Gasteiger partial charge in [0, 0.05) is 19.2 Å². The molecule has 0 spiro atoms. The number of esters is 1. The van der Waals surface area contributed by atoms with Gasteiger partial charge in [-0.3, -0.25) is 4.40 Å². The SMILES string of the molecule is CCN1CCCC(Cc2nnc3cc(C(=O)OC)ccn23)C1. The van der Waals surface area contributed by atoms with Crippen molar-refractivity contribution in [2.24, 2.45) is 5.92 Å². The lowest BCUT2D eigenvalue weighted by atomic mass is 9.94. The van der Waals surface area contributed by atoms with Crippen LogP contribution in [0, 0.1) is 5.92 Å². The van der Waals surface area contributed by atoms with Crippen LogP contribution in [0.15, 0.2) is 18.3 Å². The number of ether oxygens (including phenoxy) is 1. The van der Waals surface area contributed by atoms with Gasteiger partial charge in [0.1, 0.15) is 5.82 Å². The largest absolute Gasteiger partial charge is 0.465 e. The van der Waals surface area contributed by atoms with Crippen LogP contribution in [-0.4, -0.2) is 52.2 Å². The number of piperidine rings is 1. The van der Waals surface area contributed by atoms with E-state index in [4.69, 9.17) is 4.74 Å². The molecule has 0 bridgehead atoms. The average Bonchev–Trinajstić information content (AvgIpc) is 2.96. The Hall–Kier alpha value is -1.95. The summed E-state index contributed by atoms with van der Waals surface area (Å²) in [6.07, 6.45) is 5.28. The van der Waals surface area contributed by atoms with Crippen LogP contribution in [0.4, 0.5) is 0 Å². The van der Waals surface area contributed by atoms with Gasteiger partial charge < -0.3 is 9.64 Å². The van der Waals surface area contributed by atoms with E-state index in [0.29, 0.717) is 17.1 Å². The first-order chi connectivity index (χ1) is 10.7. The number of methoxy groups -OCH3 is 1. The van der Waals surface area contributed by atoms with Gasteiger partial charge in [-0.15, -0.1) is 10.2 Å². The van der Waals surface area contributed by atoms with Crippen molar-refractivity contribution in [2.45, 2.75) is 26.2 Å². The molecule has 3 rings (SSSR count). The maximum atomic E-state index is 11.6. The summed E-state index contributed by atoms with van der Waals surface area (Å²) in [6.45, 7) is 5.66. The predicted octanol–water partition coefficient (Wildman–Crippen LogP) is 1.79. The molecule has 2 aromatic rings. The Morgan fingerprint density at radius 3 is 3.09 bits per heavy atom. The quantitative estimate of drug-likeness (QED) is 0.806. The normalized spacial score (nSPS) is 19.5. The molecular weight excluding hydrogens is 280 g/mol. The molecule has 0 N–H and O–H groups in total. The molecule has 0 aliphatic carbocycles. The number of hydrogen-bond donors (Lipinski definition) is 0. The zero-order valence-corrected chi connectivity index (χ0v) is 13.2. The molecule has 1 unspecified atom stereocenters. The molecule has 1 atom stereocenters. The first-order valence-corrected chi connectivity index (χ1v) is 7.85. The van der Waals surface area contributed by atoms with Gasteiger partial charge in [0.15, 0.2) is 5.65 Å². The molecule has 6 heteroatoms. The molecule has 1 aliphatic heterocycles. The molecule has 0 amide bonds. The summed E-state index contributed by atoms with van der Waals surface area (Å²) in [7, 11) is 1.38. The van der Waals surface area contributed by atoms with E-state index in [2.05, 4.69) is 22.0 Å². The molecule has 1 aliphatic rings. The van der Waals surface area contributed by atoms with Crippen LogP contribution in [0.3, 0.4) is 0 Å². The fraction of sp³-hybridized carbons (Fsp3) is 0.562. The molecule has 0 aromatic carbocycles. The summed E-state index contributed by atoms with van der Waals surface area (Å²) in [6, 6.07) is 3.48. The summed E-state index contributed by atoms with van der Waals surface area (Å²) in [5.74, 6) is 1.24. The van der Waals surface area contributed by atoms with E-state index in [0.717, 1.165) is 25.3 Å². The second-order valence-electron chi connectivity index (χ2n) is 5.86. The Morgan fingerprint density at radius 2 is 2.32 bits per heavy atom. The Kier molecular flexibility index (Phi) is 4.38. The van der Waals surface area contributed by atoms with Crippen LogP contribution in [0.1, 0.15) is 35.9 Å². The van der Waals surface area contributed by atoms with Gasteiger partial charge in [-0.2, -0.15) is 0 Å². The molecule has 1 fully saturated rings. The van der Waals surface area contributed by atoms with E-state index in [1.165, 1.54) is 26.5 Å². The fourth-order valence-electron chi connectivity index (χ4n) is 3.19. The Bertz CT molecular complexity index is 667. The van der Waals surface area contributed by atoms with Crippen molar-refractivity contribution >= 4 is 11.6 Å². The Morgan fingerprint density at radius 1 is 1.45 bits per heavy atom. The van der Waals surface area contributed by atoms with Crippen molar-refractivity contribution in [2.75, 3.05) is 26.7 Å². The highest BCUT2D eigenvalue weighted by Gasteiger charge is 2.21. The summed E-state index contributed by atoms with van der Waals surface area (Å²) < 4.78 is 6.71. The lowest BCUT2D eigenvalue weighted by molar-refractivity contribution is 0.0600. The monoisotopic (exact) mass is 302 g/mol. The van der Waals surface area contributed by atoms with Gasteiger partial charge >= 0.3 is 5.97 Å². The van der Waals surface area contributed by atoms with Crippen LogP contribution in [-0.2, 0) is 11.2 Å². The van der Waals surface area contributed by atoms with Crippen LogP contribution in [0.2, 0.25) is 0 Å². The number of rotatable bonds is 4. The summed E-state index contributed by atoms with van der Waals surface area (Å²) in [5.41, 5.74) is 1.20. The zero-order chi connectivity index (χ0) is 15.5. The topological polar surface area (TPSA) is 59.7 Å². The third kappa shape index (κ3) is 2.97. The first-order valence-electron chi connectivity index (χ1n) is 7.85. The minimum atomic E-state index is -0.349. The number of hydrogen-bond acceptors (Lipinski definition) is 5. The number of fused-ring (bicyclic) bond motifs is 1. The van der Waals surface area contributed by atoms with E-state index >= 15 is 0 Å². The standard InChI is InChI=1S/C16H22N4O2/c1-3-19-7-4-5-12(11-19)9-14-17-18-15-10-13(16(21)22-2)6-8-20(14)15/h6,8,10,12H,3-5,7,9,11H2,1-2H3. The molecule has 2 aromatic heterocycles. The maximum absolute atomic E-state index is 11.6. The molecule has 1 saturated heterocycles. The second-order valence-corrected chi connectivity index (χ2v) is 5.86. The van der Waals surface area contributed by atoms with E-state index in [-0.39, 0.29) is 5.97 Å². The second kappa shape index (κ2) is 6.44. The minimum Gasteiger partial charge on any atom is -0.465 e. The highest BCUT2D eigenvalue weighted by Crippen LogP contribution is 2.20. The number of carbonyl (C=O) groups excluding carboxylic acids is 1. The van der Waals surface area contributed by atoms with Crippen LogP contribution in [0.25, 0.3) is 5.65 Å². The van der Waals surface area contributed by atoms with Gasteiger partial charge in [-0.05, 0) is 44.0 Å². The summed E-state index contributed by atoms with van der Waals surface area (Å²) in [5, 5.41) is 8.50. The number of pyridine rings is 1. The van der Waals surface area contributed by atoms with Crippen molar-refractivity contribution in [3.8, 4) is 0 Å². The average molecular weight is 302 g/mol. The van der Waals surface area contributed by atoms with Crippen molar-refractivity contribution in [3.63, 3.8) is 0 Å². The molecule has 3 heterocycles. The third-order valence-electron chi connectivity index (χ3n) is 4.42. The fourth-order valence-corrected chi connectivity index (χ4v) is 3.19. The molecule has 0 saturated carbocycles. The molecule has 0 radical (unpaired) electrons. The van der Waals surface area contributed by atoms with E-state index in [1.54, 1.807) is 12.1 Å². The zero-order valence-electron chi connectivity index (χ0n) is 13.2. The number of aromatic nitrogens is 3. The summed E-state index contributed by atoms with van der Waals surface area (Å²) in [4.78, 5) is 14.1. The third-order valence-corrected chi connectivity index (χ3v) is 4.42. The Balaban J connectivity index is 1.78. The van der Waals surface area contributed by atoms with Gasteiger partial charge in [-0.1, -0.05) is 6.92 Å². The molecule has 6 nitrogen and oxygen atoms in total. The van der Waals surface area contributed by atoms with Crippen molar-refractivity contribution in [1.82, 2.24) is 19.5 Å². The van der Waals surface area contributed by atoms with Crippen molar-refractivity contribution < 1.29 is 9.53 Å². The maximum Gasteiger partial charge on any atom is 0.338 e. The number of likely N-dealkylation sites (tertiary alicyclic amines) is 1. The van der Waals surface area contributed by atoms with Crippen molar-refractivity contribution in [1.29, 1.82) is 0 Å². The molecule has 118 valence electrons. The lowest BCUT2D eigenvalue weighted by Gasteiger charge is -2.31. The van der Waals surface area contributed by atoms with Crippen LogP contribution >= 0.6 is 0 Å². The van der Waals surface area contributed by atoms with Gasteiger partial charge in [0.2, 0.25) is 0 Å². The van der Waals surface area contributed by atoms with Gasteiger partial charge in [0.05, 0.1) is 12.7 Å². The number of nitrogens with zero attached hydrogens (tertiary/aromatic N) is 4. The highest BCUT2D eigenvalue weighted by atomic mass is 16.5.